The molecule has 0 aliphatic carbocycles. The second-order valence-electron chi connectivity index (χ2n) is 4.43. The molecule has 0 bridgehead atoms. The van der Waals surface area contributed by atoms with Crippen LogP contribution in [0.1, 0.15) is 28.8 Å². The Bertz CT molecular complexity index is 435. The fourth-order valence-corrected chi connectivity index (χ4v) is 2.89. The van der Waals surface area contributed by atoms with Gasteiger partial charge in [-0.2, -0.15) is 0 Å². The topological polar surface area (TPSA) is 20.3 Å². The van der Waals surface area contributed by atoms with Crippen LogP contribution in [0.25, 0.3) is 0 Å². The molecule has 0 aromatic heterocycles. The number of benzene rings is 1. The van der Waals surface area contributed by atoms with Crippen LogP contribution in [-0.4, -0.2) is 28.7 Å². The number of nitrogens with zero attached hydrogens (tertiary/aromatic N) is 1. The largest absolute Gasteiger partial charge is 0.335 e. The van der Waals surface area contributed by atoms with Gasteiger partial charge in [-0.05, 0) is 37.5 Å². The van der Waals surface area contributed by atoms with Crippen LogP contribution >= 0.6 is 15.9 Å². The highest BCUT2D eigenvalue weighted by Gasteiger charge is 2.29. The molecular formula is C13H15BrFNO. The lowest BCUT2D eigenvalue weighted by Gasteiger charge is -2.23. The van der Waals surface area contributed by atoms with Crippen molar-refractivity contribution in [2.24, 2.45) is 0 Å². The highest BCUT2D eigenvalue weighted by molar-refractivity contribution is 9.09. The average Bonchev–Trinajstić information content (AvgIpc) is 2.76. The van der Waals surface area contributed by atoms with E-state index in [0.717, 1.165) is 30.3 Å². The average molecular weight is 300 g/mol. The van der Waals surface area contributed by atoms with Gasteiger partial charge in [-0.1, -0.05) is 22.0 Å². The Morgan fingerprint density at radius 3 is 3.00 bits per heavy atom. The standard InChI is InChI=1S/C13H15BrFNO/c1-9-4-5-11(12(15)7-9)13(17)16-6-2-3-10(16)8-14/h4-5,7,10H,2-3,6,8H2,1H3. The first kappa shape index (κ1) is 12.6. The molecule has 1 saturated heterocycles. The lowest BCUT2D eigenvalue weighted by Crippen LogP contribution is -2.36. The molecule has 4 heteroatoms. The highest BCUT2D eigenvalue weighted by Crippen LogP contribution is 2.22. The molecule has 17 heavy (non-hydrogen) atoms. The molecule has 0 N–H and O–H groups in total. The number of carbonyl (C=O) groups is 1. The summed E-state index contributed by atoms with van der Waals surface area (Å²) < 4.78 is 13.7. The van der Waals surface area contributed by atoms with Crippen molar-refractivity contribution in [3.63, 3.8) is 0 Å². The first-order valence-electron chi connectivity index (χ1n) is 5.76. The minimum Gasteiger partial charge on any atom is -0.335 e. The van der Waals surface area contributed by atoms with Crippen LogP contribution in [0.5, 0.6) is 0 Å². The zero-order valence-electron chi connectivity index (χ0n) is 9.75. The van der Waals surface area contributed by atoms with E-state index in [-0.39, 0.29) is 17.5 Å². The van der Waals surface area contributed by atoms with Gasteiger partial charge in [-0.15, -0.1) is 0 Å². The van der Waals surface area contributed by atoms with Gasteiger partial charge in [0.2, 0.25) is 0 Å². The normalized spacial score (nSPS) is 19.7. The molecule has 1 aliphatic rings. The molecule has 1 aromatic rings. The van der Waals surface area contributed by atoms with E-state index in [1.807, 2.05) is 6.92 Å². The SMILES string of the molecule is Cc1ccc(C(=O)N2CCCC2CBr)c(F)c1. The predicted molar refractivity (Wildman–Crippen MR) is 69.0 cm³/mol. The van der Waals surface area contributed by atoms with Gasteiger partial charge in [0, 0.05) is 17.9 Å². The first-order valence-corrected chi connectivity index (χ1v) is 6.88. The summed E-state index contributed by atoms with van der Waals surface area (Å²) in [5, 5.41) is 0.756. The minimum absolute atomic E-state index is 0.184. The molecule has 1 atom stereocenters. The van der Waals surface area contributed by atoms with E-state index in [1.165, 1.54) is 6.07 Å². The minimum atomic E-state index is -0.421. The van der Waals surface area contributed by atoms with Crippen molar-refractivity contribution in [3.8, 4) is 0 Å². The molecule has 2 rings (SSSR count). The van der Waals surface area contributed by atoms with Gasteiger partial charge < -0.3 is 4.90 Å². The van der Waals surface area contributed by atoms with Gasteiger partial charge in [0.1, 0.15) is 5.82 Å². The number of alkyl halides is 1. The molecule has 1 fully saturated rings. The lowest BCUT2D eigenvalue weighted by molar-refractivity contribution is 0.0746. The Hall–Kier alpha value is -0.900. The van der Waals surface area contributed by atoms with E-state index >= 15 is 0 Å². The number of likely N-dealkylation sites (tertiary alicyclic amines) is 1. The van der Waals surface area contributed by atoms with Crippen molar-refractivity contribution in [2.45, 2.75) is 25.8 Å². The monoisotopic (exact) mass is 299 g/mol. The van der Waals surface area contributed by atoms with Crippen molar-refractivity contribution >= 4 is 21.8 Å². The number of rotatable bonds is 2. The van der Waals surface area contributed by atoms with Crippen LogP contribution in [0.3, 0.4) is 0 Å². The summed E-state index contributed by atoms with van der Waals surface area (Å²) in [6.07, 6.45) is 1.99. The zero-order valence-corrected chi connectivity index (χ0v) is 11.3. The summed E-state index contributed by atoms with van der Waals surface area (Å²) in [6, 6.07) is 4.96. The Labute approximate surface area is 109 Å². The quantitative estimate of drug-likeness (QED) is 0.768. The van der Waals surface area contributed by atoms with Crippen molar-refractivity contribution in [1.29, 1.82) is 0 Å². The van der Waals surface area contributed by atoms with Gasteiger partial charge in [0.05, 0.1) is 5.56 Å². The molecule has 1 unspecified atom stereocenters. The van der Waals surface area contributed by atoms with E-state index < -0.39 is 5.82 Å². The third-order valence-corrected chi connectivity index (χ3v) is 3.92. The fraction of sp³-hybridized carbons (Fsp3) is 0.462. The van der Waals surface area contributed by atoms with Crippen LogP contribution in [0.15, 0.2) is 18.2 Å². The Balaban J connectivity index is 2.24. The van der Waals surface area contributed by atoms with Crippen molar-refractivity contribution < 1.29 is 9.18 Å². The van der Waals surface area contributed by atoms with E-state index in [4.69, 9.17) is 0 Å². The molecule has 0 saturated carbocycles. The lowest BCUT2D eigenvalue weighted by atomic mass is 10.1. The van der Waals surface area contributed by atoms with Gasteiger partial charge in [0.25, 0.3) is 5.91 Å². The van der Waals surface area contributed by atoms with Gasteiger partial charge in [0.15, 0.2) is 0 Å². The van der Waals surface area contributed by atoms with Gasteiger partial charge >= 0.3 is 0 Å². The van der Waals surface area contributed by atoms with Gasteiger partial charge in [-0.25, -0.2) is 4.39 Å². The predicted octanol–water partition coefficient (Wildman–Crippen LogP) is 3.13. The molecule has 1 aliphatic heterocycles. The second kappa shape index (κ2) is 5.17. The zero-order chi connectivity index (χ0) is 12.4. The van der Waals surface area contributed by atoms with E-state index in [2.05, 4.69) is 15.9 Å². The van der Waals surface area contributed by atoms with Crippen LogP contribution in [0.2, 0.25) is 0 Å². The Morgan fingerprint density at radius 1 is 1.59 bits per heavy atom. The molecular weight excluding hydrogens is 285 g/mol. The van der Waals surface area contributed by atoms with Crippen LogP contribution in [0, 0.1) is 12.7 Å². The van der Waals surface area contributed by atoms with Crippen LogP contribution in [-0.2, 0) is 0 Å². The summed E-state index contributed by atoms with van der Waals surface area (Å²) in [5.41, 5.74) is 1.01. The van der Waals surface area contributed by atoms with Crippen LogP contribution in [0.4, 0.5) is 4.39 Å². The maximum absolute atomic E-state index is 13.7. The first-order chi connectivity index (χ1) is 8.13. The fourth-order valence-electron chi connectivity index (χ4n) is 2.21. The van der Waals surface area contributed by atoms with Crippen molar-refractivity contribution in [3.05, 3.63) is 35.1 Å². The molecule has 0 spiro atoms. The number of carbonyl (C=O) groups excluding carboxylic acids is 1. The Kier molecular flexibility index (Phi) is 3.82. The molecule has 92 valence electrons. The summed E-state index contributed by atoms with van der Waals surface area (Å²) >= 11 is 3.40. The van der Waals surface area contributed by atoms with Crippen molar-refractivity contribution in [1.82, 2.24) is 4.90 Å². The third-order valence-electron chi connectivity index (χ3n) is 3.17. The number of amides is 1. The molecule has 1 aromatic carbocycles. The van der Waals surface area contributed by atoms with Crippen molar-refractivity contribution in [2.75, 3.05) is 11.9 Å². The number of halogens is 2. The molecule has 1 amide bonds. The summed E-state index contributed by atoms with van der Waals surface area (Å²) in [7, 11) is 0. The summed E-state index contributed by atoms with van der Waals surface area (Å²) in [6.45, 7) is 2.54. The third kappa shape index (κ3) is 2.51. The molecule has 0 radical (unpaired) electrons. The maximum atomic E-state index is 13.7. The smallest absolute Gasteiger partial charge is 0.257 e. The summed E-state index contributed by atoms with van der Waals surface area (Å²) in [5.74, 6) is -0.611. The van der Waals surface area contributed by atoms with E-state index in [1.54, 1.807) is 17.0 Å². The number of hydrogen-bond donors (Lipinski definition) is 0. The number of hydrogen-bond acceptors (Lipinski definition) is 1. The van der Waals surface area contributed by atoms with E-state index in [0.29, 0.717) is 0 Å². The van der Waals surface area contributed by atoms with Crippen LogP contribution < -0.4 is 0 Å². The second-order valence-corrected chi connectivity index (χ2v) is 5.08. The highest BCUT2D eigenvalue weighted by atomic mass is 79.9. The Morgan fingerprint density at radius 2 is 2.35 bits per heavy atom. The van der Waals surface area contributed by atoms with Gasteiger partial charge in [-0.3, -0.25) is 4.79 Å². The molecule has 1 heterocycles. The molecule has 2 nitrogen and oxygen atoms in total. The maximum Gasteiger partial charge on any atom is 0.257 e. The van der Waals surface area contributed by atoms with E-state index in [9.17, 15) is 9.18 Å². The number of aryl methyl sites for hydroxylation is 1. The summed E-state index contributed by atoms with van der Waals surface area (Å²) in [4.78, 5) is 14.0.